The molecule has 0 aliphatic carbocycles. The van der Waals surface area contributed by atoms with Crippen LogP contribution in [0, 0.1) is 0 Å². The number of hydrogen-bond donors (Lipinski definition) is 2. The van der Waals surface area contributed by atoms with Crippen LogP contribution in [-0.4, -0.2) is 18.7 Å². The van der Waals surface area contributed by atoms with Gasteiger partial charge in [0.15, 0.2) is 0 Å². The van der Waals surface area contributed by atoms with E-state index in [1.807, 2.05) is 0 Å². The van der Waals surface area contributed by atoms with Gasteiger partial charge in [0.2, 0.25) is 0 Å². The molecule has 0 saturated carbocycles. The molecule has 0 aliphatic rings. The average Bonchev–Trinajstić information content (AvgIpc) is 2.93. The predicted molar refractivity (Wildman–Crippen MR) is 79.4 cm³/mol. The zero-order valence-electron chi connectivity index (χ0n) is 10.3. The first kappa shape index (κ1) is 14.4. The molecule has 7 heteroatoms. The second-order valence-corrected chi connectivity index (χ2v) is 4.61. The molecule has 1 aromatic carbocycles. The van der Waals surface area contributed by atoms with E-state index in [0.29, 0.717) is 21.5 Å². The summed E-state index contributed by atoms with van der Waals surface area (Å²) in [5.41, 5.74) is 3.06. The molecule has 0 unspecified atom stereocenters. The fourth-order valence-electron chi connectivity index (χ4n) is 1.36. The quantitative estimate of drug-likeness (QED) is 0.658. The van der Waals surface area contributed by atoms with Crippen molar-refractivity contribution in [1.82, 2.24) is 5.43 Å². The van der Waals surface area contributed by atoms with Crippen molar-refractivity contribution in [2.75, 3.05) is 11.9 Å². The van der Waals surface area contributed by atoms with Crippen molar-refractivity contribution in [2.45, 2.75) is 0 Å². The number of furan rings is 1. The Labute approximate surface area is 125 Å². The molecule has 2 aromatic rings. The van der Waals surface area contributed by atoms with Gasteiger partial charge < -0.3 is 9.73 Å². The van der Waals surface area contributed by atoms with Crippen LogP contribution < -0.4 is 10.7 Å². The van der Waals surface area contributed by atoms with Gasteiger partial charge in [-0.3, -0.25) is 4.79 Å². The lowest BCUT2D eigenvalue weighted by Gasteiger charge is -2.06. The number of nitrogens with one attached hydrogen (secondary N) is 2. The van der Waals surface area contributed by atoms with Gasteiger partial charge in [-0.25, -0.2) is 5.43 Å². The van der Waals surface area contributed by atoms with Gasteiger partial charge in [-0.05, 0) is 30.3 Å². The molecule has 0 atom stereocenters. The van der Waals surface area contributed by atoms with Crippen LogP contribution in [-0.2, 0) is 4.79 Å². The van der Waals surface area contributed by atoms with Crippen molar-refractivity contribution in [3.63, 3.8) is 0 Å². The molecule has 0 aliphatic heterocycles. The van der Waals surface area contributed by atoms with Gasteiger partial charge in [-0.2, -0.15) is 5.10 Å². The number of hydrazone groups is 1. The molecule has 104 valence electrons. The van der Waals surface area contributed by atoms with E-state index in [2.05, 4.69) is 15.8 Å². The highest BCUT2D eigenvalue weighted by Gasteiger charge is 2.02. The molecule has 1 amide bonds. The van der Waals surface area contributed by atoms with E-state index in [9.17, 15) is 4.79 Å². The number of carbonyl (C=O) groups excluding carboxylic acids is 1. The van der Waals surface area contributed by atoms with Crippen molar-refractivity contribution >= 4 is 41.0 Å². The Hall–Kier alpha value is -1.98. The highest BCUT2D eigenvalue weighted by molar-refractivity contribution is 6.42. The fourth-order valence-corrected chi connectivity index (χ4v) is 1.66. The summed E-state index contributed by atoms with van der Waals surface area (Å²) in [5.74, 6) is 0.265. The number of nitrogens with zero attached hydrogens (tertiary/aromatic N) is 1. The molecule has 2 rings (SSSR count). The lowest BCUT2D eigenvalue weighted by molar-refractivity contribution is -0.119. The third kappa shape index (κ3) is 4.29. The van der Waals surface area contributed by atoms with Crippen molar-refractivity contribution in [3.8, 4) is 0 Å². The SMILES string of the molecule is O=C(CNc1ccc(Cl)c(Cl)c1)N/N=C/c1ccco1. The highest BCUT2D eigenvalue weighted by atomic mass is 35.5. The molecular weight excluding hydrogens is 301 g/mol. The van der Waals surface area contributed by atoms with Crippen LogP contribution >= 0.6 is 23.2 Å². The number of amides is 1. The Balaban J connectivity index is 1.78. The molecule has 0 radical (unpaired) electrons. The first-order chi connectivity index (χ1) is 9.65. The maximum Gasteiger partial charge on any atom is 0.259 e. The Morgan fingerprint density at radius 2 is 2.15 bits per heavy atom. The monoisotopic (exact) mass is 311 g/mol. The van der Waals surface area contributed by atoms with Gasteiger partial charge in [-0.15, -0.1) is 0 Å². The standard InChI is InChI=1S/C13H11Cl2N3O2/c14-11-4-3-9(6-12(11)15)16-8-13(19)18-17-7-10-2-1-5-20-10/h1-7,16H,8H2,(H,18,19)/b17-7+. The number of hydrogen-bond acceptors (Lipinski definition) is 4. The first-order valence-electron chi connectivity index (χ1n) is 5.69. The molecule has 5 nitrogen and oxygen atoms in total. The van der Waals surface area contributed by atoms with E-state index in [-0.39, 0.29) is 12.5 Å². The van der Waals surface area contributed by atoms with Crippen molar-refractivity contribution in [3.05, 3.63) is 52.4 Å². The zero-order valence-corrected chi connectivity index (χ0v) is 11.8. The van der Waals surface area contributed by atoms with Gasteiger partial charge in [0.05, 0.1) is 29.1 Å². The number of anilines is 1. The maximum atomic E-state index is 11.5. The first-order valence-corrected chi connectivity index (χ1v) is 6.45. The average molecular weight is 312 g/mol. The second kappa shape index (κ2) is 6.98. The van der Waals surface area contributed by atoms with Crippen LogP contribution in [0.2, 0.25) is 10.0 Å². The summed E-state index contributed by atoms with van der Waals surface area (Å²) in [5, 5.41) is 7.54. The summed E-state index contributed by atoms with van der Waals surface area (Å²) in [6.45, 7) is 0.0630. The van der Waals surface area contributed by atoms with Crippen LogP contribution in [0.1, 0.15) is 5.76 Å². The molecule has 0 spiro atoms. The number of halogens is 2. The summed E-state index contributed by atoms with van der Waals surface area (Å²) in [6.07, 6.45) is 2.94. The van der Waals surface area contributed by atoms with Crippen molar-refractivity contribution in [2.24, 2.45) is 5.10 Å². The summed E-state index contributed by atoms with van der Waals surface area (Å²) < 4.78 is 5.03. The molecular formula is C13H11Cl2N3O2. The normalized spacial score (nSPS) is 10.7. The van der Waals surface area contributed by atoms with Gasteiger partial charge in [-0.1, -0.05) is 23.2 Å². The minimum Gasteiger partial charge on any atom is -0.463 e. The Kier molecular flexibility index (Phi) is 5.03. The van der Waals surface area contributed by atoms with E-state index >= 15 is 0 Å². The third-order valence-corrected chi connectivity index (χ3v) is 3.04. The van der Waals surface area contributed by atoms with Gasteiger partial charge in [0.1, 0.15) is 5.76 Å². The third-order valence-electron chi connectivity index (χ3n) is 2.30. The Morgan fingerprint density at radius 3 is 2.85 bits per heavy atom. The summed E-state index contributed by atoms with van der Waals surface area (Å²) >= 11 is 11.7. The molecule has 1 aromatic heterocycles. The summed E-state index contributed by atoms with van der Waals surface area (Å²) in [4.78, 5) is 11.5. The molecule has 0 fully saturated rings. The largest absolute Gasteiger partial charge is 0.463 e. The molecule has 0 bridgehead atoms. The van der Waals surface area contributed by atoms with Crippen LogP contribution in [0.3, 0.4) is 0 Å². The van der Waals surface area contributed by atoms with Gasteiger partial charge in [0.25, 0.3) is 5.91 Å². The van der Waals surface area contributed by atoms with Crippen molar-refractivity contribution < 1.29 is 9.21 Å². The highest BCUT2D eigenvalue weighted by Crippen LogP contribution is 2.24. The molecule has 1 heterocycles. The molecule has 20 heavy (non-hydrogen) atoms. The Morgan fingerprint density at radius 1 is 1.30 bits per heavy atom. The lowest BCUT2D eigenvalue weighted by atomic mass is 10.3. The van der Waals surface area contributed by atoms with E-state index in [4.69, 9.17) is 27.6 Å². The van der Waals surface area contributed by atoms with E-state index < -0.39 is 0 Å². The second-order valence-electron chi connectivity index (χ2n) is 3.79. The summed E-state index contributed by atoms with van der Waals surface area (Å²) in [6, 6.07) is 8.48. The lowest BCUT2D eigenvalue weighted by Crippen LogP contribution is -2.25. The van der Waals surface area contributed by atoms with E-state index in [1.54, 1.807) is 30.3 Å². The summed E-state index contributed by atoms with van der Waals surface area (Å²) in [7, 11) is 0. The number of benzene rings is 1. The minimum absolute atomic E-state index is 0.0630. The van der Waals surface area contributed by atoms with Crippen molar-refractivity contribution in [1.29, 1.82) is 0 Å². The maximum absolute atomic E-state index is 11.5. The van der Waals surface area contributed by atoms with Crippen LogP contribution in [0.15, 0.2) is 46.1 Å². The van der Waals surface area contributed by atoms with Gasteiger partial charge >= 0.3 is 0 Å². The van der Waals surface area contributed by atoms with E-state index in [1.165, 1.54) is 12.5 Å². The molecule has 2 N–H and O–H groups in total. The number of rotatable bonds is 5. The van der Waals surface area contributed by atoms with E-state index in [0.717, 1.165) is 0 Å². The number of carbonyl (C=O) groups is 1. The molecule has 0 saturated heterocycles. The fraction of sp³-hybridized carbons (Fsp3) is 0.0769. The van der Waals surface area contributed by atoms with Gasteiger partial charge in [0, 0.05) is 5.69 Å². The van der Waals surface area contributed by atoms with Crippen LogP contribution in [0.5, 0.6) is 0 Å². The van der Waals surface area contributed by atoms with Crippen LogP contribution in [0.25, 0.3) is 0 Å². The smallest absolute Gasteiger partial charge is 0.259 e. The minimum atomic E-state index is -0.293. The Bertz CT molecular complexity index is 612. The van der Waals surface area contributed by atoms with Crippen LogP contribution in [0.4, 0.5) is 5.69 Å². The topological polar surface area (TPSA) is 66.6 Å². The predicted octanol–water partition coefficient (Wildman–Crippen LogP) is 3.15. The zero-order chi connectivity index (χ0) is 14.4.